The number of fused-ring (bicyclic) bond motifs is 5. The molecule has 6 heteroatoms. The smallest absolute Gasteiger partial charge is 0.254 e. The van der Waals surface area contributed by atoms with E-state index in [0.29, 0.717) is 29.8 Å². The van der Waals surface area contributed by atoms with Gasteiger partial charge in [0.25, 0.3) is 5.56 Å². The average molecular weight is 418 g/mol. The van der Waals surface area contributed by atoms with Crippen LogP contribution in [0.1, 0.15) is 57.2 Å². The molecule has 5 rings (SSSR count). The highest BCUT2D eigenvalue weighted by molar-refractivity contribution is 5.95. The number of aromatic nitrogens is 2. The Morgan fingerprint density at radius 1 is 1.19 bits per heavy atom. The second-order valence-electron chi connectivity index (χ2n) is 9.69. The van der Waals surface area contributed by atoms with Crippen LogP contribution in [-0.4, -0.2) is 26.0 Å². The third kappa shape index (κ3) is 2.92. The number of aliphatic hydroxyl groups is 1. The summed E-state index contributed by atoms with van der Waals surface area (Å²) in [5, 5.41) is 15.6. The molecule has 0 fully saturated rings. The Hall–Kier alpha value is -2.99. The van der Waals surface area contributed by atoms with E-state index in [1.54, 1.807) is 11.5 Å². The largest absolute Gasteiger partial charge is 0.380 e. The number of carbonyl (C=O) groups excluding carboxylic acids is 1. The van der Waals surface area contributed by atoms with Crippen LogP contribution in [0, 0.1) is 0 Å². The summed E-state index contributed by atoms with van der Waals surface area (Å²) >= 11 is 0. The first-order valence-electron chi connectivity index (χ1n) is 10.9. The van der Waals surface area contributed by atoms with E-state index in [2.05, 4.69) is 32.2 Å². The SMILES string of the molecule is CC[C@@]1(O)C(=O)CCc2c1cc1n(c2=O)Cc2cc3c(NC(C)(C)C)cccc3nc2-1. The lowest BCUT2D eigenvalue weighted by Crippen LogP contribution is -2.43. The number of anilines is 1. The Kier molecular flexibility index (Phi) is 4.18. The molecule has 3 heterocycles. The summed E-state index contributed by atoms with van der Waals surface area (Å²) < 4.78 is 1.73. The maximum Gasteiger partial charge on any atom is 0.254 e. The van der Waals surface area contributed by atoms with Crippen molar-refractivity contribution in [1.82, 2.24) is 9.55 Å². The Labute approximate surface area is 180 Å². The first-order chi connectivity index (χ1) is 14.6. The van der Waals surface area contributed by atoms with Crippen molar-refractivity contribution < 1.29 is 9.90 Å². The lowest BCUT2D eigenvalue weighted by atomic mass is 9.77. The first kappa shape index (κ1) is 19.9. The molecular formula is C25H27N3O3. The van der Waals surface area contributed by atoms with Gasteiger partial charge >= 0.3 is 0 Å². The molecule has 3 aromatic rings. The van der Waals surface area contributed by atoms with Crippen LogP contribution in [0.3, 0.4) is 0 Å². The van der Waals surface area contributed by atoms with Crippen molar-refractivity contribution in [2.45, 2.75) is 64.6 Å². The summed E-state index contributed by atoms with van der Waals surface area (Å²) in [7, 11) is 0. The highest BCUT2D eigenvalue weighted by Gasteiger charge is 2.43. The lowest BCUT2D eigenvalue weighted by molar-refractivity contribution is -0.140. The van der Waals surface area contributed by atoms with Crippen LogP contribution < -0.4 is 10.9 Å². The number of hydrogen-bond donors (Lipinski definition) is 2. The number of carbonyl (C=O) groups is 1. The van der Waals surface area contributed by atoms with Gasteiger partial charge in [0, 0.05) is 39.7 Å². The van der Waals surface area contributed by atoms with Crippen molar-refractivity contribution in [2.24, 2.45) is 0 Å². The van der Waals surface area contributed by atoms with E-state index in [-0.39, 0.29) is 29.7 Å². The zero-order valence-electron chi connectivity index (χ0n) is 18.4. The topological polar surface area (TPSA) is 84.2 Å². The monoisotopic (exact) mass is 417 g/mol. The fourth-order valence-electron chi connectivity index (χ4n) is 4.90. The minimum Gasteiger partial charge on any atom is -0.380 e. The van der Waals surface area contributed by atoms with E-state index in [0.717, 1.165) is 27.8 Å². The van der Waals surface area contributed by atoms with Crippen LogP contribution in [0.4, 0.5) is 5.69 Å². The molecule has 0 radical (unpaired) electrons. The van der Waals surface area contributed by atoms with Crippen molar-refractivity contribution in [3.05, 3.63) is 57.4 Å². The second-order valence-corrected chi connectivity index (χ2v) is 9.69. The number of ketones is 1. The van der Waals surface area contributed by atoms with Gasteiger partial charge in [-0.25, -0.2) is 4.98 Å². The Morgan fingerprint density at radius 2 is 1.97 bits per heavy atom. The van der Waals surface area contributed by atoms with Crippen LogP contribution >= 0.6 is 0 Å². The molecule has 0 saturated carbocycles. The summed E-state index contributed by atoms with van der Waals surface area (Å²) in [5.74, 6) is -0.213. The summed E-state index contributed by atoms with van der Waals surface area (Å²) in [6.07, 6.45) is 0.825. The van der Waals surface area contributed by atoms with Gasteiger partial charge in [0.1, 0.15) is 5.60 Å². The number of rotatable bonds is 2. The molecule has 0 bridgehead atoms. The fourth-order valence-corrected chi connectivity index (χ4v) is 4.90. The molecule has 1 aliphatic heterocycles. The van der Waals surface area contributed by atoms with Gasteiger partial charge in [-0.1, -0.05) is 13.0 Å². The molecule has 31 heavy (non-hydrogen) atoms. The predicted molar refractivity (Wildman–Crippen MR) is 121 cm³/mol. The van der Waals surface area contributed by atoms with Crippen LogP contribution in [0.5, 0.6) is 0 Å². The predicted octanol–water partition coefficient (Wildman–Crippen LogP) is 3.75. The van der Waals surface area contributed by atoms with Crippen LogP contribution in [-0.2, 0) is 23.4 Å². The number of nitrogens with one attached hydrogen (secondary N) is 1. The van der Waals surface area contributed by atoms with Crippen molar-refractivity contribution >= 4 is 22.4 Å². The summed E-state index contributed by atoms with van der Waals surface area (Å²) in [6.45, 7) is 8.57. The highest BCUT2D eigenvalue weighted by atomic mass is 16.3. The minimum atomic E-state index is -1.59. The third-order valence-corrected chi connectivity index (χ3v) is 6.44. The molecule has 160 valence electrons. The molecule has 0 saturated heterocycles. The van der Waals surface area contributed by atoms with E-state index < -0.39 is 5.60 Å². The standard InChI is InChI=1S/C25H27N3O3/c1-5-25(31)17-12-20-22-14(13-28(20)23(30)15(17)9-10-21(25)29)11-16-18(26-22)7-6-8-19(16)27-24(2,3)4/h6-8,11-12,27,31H,5,9-10,13H2,1-4H3/t25-/m0/s1. The van der Waals surface area contributed by atoms with Gasteiger partial charge in [-0.2, -0.15) is 0 Å². The second kappa shape index (κ2) is 6.50. The maximum atomic E-state index is 13.3. The van der Waals surface area contributed by atoms with Gasteiger partial charge in [0.15, 0.2) is 5.78 Å². The molecule has 2 aromatic heterocycles. The third-order valence-electron chi connectivity index (χ3n) is 6.44. The van der Waals surface area contributed by atoms with Crippen molar-refractivity contribution in [3.63, 3.8) is 0 Å². The number of pyridine rings is 2. The van der Waals surface area contributed by atoms with Gasteiger partial charge in [-0.3, -0.25) is 9.59 Å². The Bertz CT molecular complexity index is 1320. The van der Waals surface area contributed by atoms with Gasteiger partial charge < -0.3 is 15.0 Å². The van der Waals surface area contributed by atoms with Crippen molar-refractivity contribution in [3.8, 4) is 11.4 Å². The zero-order valence-corrected chi connectivity index (χ0v) is 18.4. The number of benzene rings is 1. The van der Waals surface area contributed by atoms with Crippen LogP contribution in [0.25, 0.3) is 22.3 Å². The average Bonchev–Trinajstić information content (AvgIpc) is 3.07. The van der Waals surface area contributed by atoms with Gasteiger partial charge in [0.2, 0.25) is 0 Å². The molecule has 1 atom stereocenters. The maximum absolute atomic E-state index is 13.3. The normalized spacial score (nSPS) is 19.8. The van der Waals surface area contributed by atoms with Crippen LogP contribution in [0.2, 0.25) is 0 Å². The summed E-state index contributed by atoms with van der Waals surface area (Å²) in [5.41, 5.74) is 3.45. The lowest BCUT2D eigenvalue weighted by Gasteiger charge is -2.32. The summed E-state index contributed by atoms with van der Waals surface area (Å²) in [6, 6.07) is 9.91. The molecule has 0 unspecified atom stereocenters. The molecular weight excluding hydrogens is 390 g/mol. The van der Waals surface area contributed by atoms with E-state index in [1.807, 2.05) is 24.3 Å². The van der Waals surface area contributed by atoms with Crippen molar-refractivity contribution in [2.75, 3.05) is 5.32 Å². The summed E-state index contributed by atoms with van der Waals surface area (Å²) in [4.78, 5) is 30.7. The quantitative estimate of drug-likeness (QED) is 0.519. The Balaban J connectivity index is 1.72. The Morgan fingerprint density at radius 3 is 2.68 bits per heavy atom. The molecule has 2 aliphatic rings. The molecule has 1 aliphatic carbocycles. The number of hydrogen-bond acceptors (Lipinski definition) is 5. The number of Topliss-reactive ketones (excluding diaryl/α,β-unsaturated/α-hetero) is 1. The van der Waals surface area contributed by atoms with Gasteiger partial charge in [0.05, 0.1) is 23.4 Å². The van der Waals surface area contributed by atoms with Gasteiger partial charge in [-0.15, -0.1) is 0 Å². The van der Waals surface area contributed by atoms with Crippen molar-refractivity contribution in [1.29, 1.82) is 0 Å². The van der Waals surface area contributed by atoms with Gasteiger partial charge in [-0.05, 0) is 57.9 Å². The molecule has 0 spiro atoms. The minimum absolute atomic E-state index is 0.0938. The number of nitrogens with zero attached hydrogens (tertiary/aromatic N) is 2. The van der Waals surface area contributed by atoms with E-state index in [4.69, 9.17) is 4.98 Å². The molecule has 2 N–H and O–H groups in total. The molecule has 0 amide bonds. The highest BCUT2D eigenvalue weighted by Crippen LogP contribution is 2.40. The zero-order chi connectivity index (χ0) is 22.1. The van der Waals surface area contributed by atoms with E-state index in [1.165, 1.54) is 0 Å². The molecule has 1 aromatic carbocycles. The van der Waals surface area contributed by atoms with E-state index >= 15 is 0 Å². The van der Waals surface area contributed by atoms with Crippen LogP contribution in [0.15, 0.2) is 35.1 Å². The molecule has 6 nitrogen and oxygen atoms in total. The first-order valence-corrected chi connectivity index (χ1v) is 10.9. The fraction of sp³-hybridized carbons (Fsp3) is 0.400. The van der Waals surface area contributed by atoms with E-state index in [9.17, 15) is 14.7 Å².